The molecule has 206 valence electrons. The topological polar surface area (TPSA) is 198 Å². The lowest BCUT2D eigenvalue weighted by molar-refractivity contribution is -0.138. The minimum Gasteiger partial charge on any atom is -0.480 e. The molecule has 3 aromatic rings. The van der Waals surface area contributed by atoms with E-state index in [-0.39, 0.29) is 18.8 Å². The Balaban J connectivity index is 1.34. The quantitative estimate of drug-likeness (QED) is 0.145. The van der Waals surface area contributed by atoms with Gasteiger partial charge in [-0.3, -0.25) is 9.36 Å². The first-order chi connectivity index (χ1) is 18.3. The number of anilines is 1. The molecule has 1 aliphatic rings. The zero-order valence-electron chi connectivity index (χ0n) is 21.1. The number of nitrogens with one attached hydrogen (secondary N) is 1. The summed E-state index contributed by atoms with van der Waals surface area (Å²) in [6.07, 6.45) is 0.681. The number of imidazole rings is 1. The lowest BCUT2D eigenvalue weighted by Crippen LogP contribution is -2.43. The first kappa shape index (κ1) is 27.8. The number of aliphatic hydroxyl groups is 2. The predicted molar refractivity (Wildman–Crippen MR) is 140 cm³/mol. The monoisotopic (exact) mass is 528 g/mol. The summed E-state index contributed by atoms with van der Waals surface area (Å²) in [5.41, 5.74) is 13.6. The molecule has 38 heavy (non-hydrogen) atoms. The van der Waals surface area contributed by atoms with Crippen molar-refractivity contribution in [3.8, 4) is 0 Å². The fourth-order valence-electron chi connectivity index (χ4n) is 4.59. The highest BCUT2D eigenvalue weighted by atomic mass is 16.6. The summed E-state index contributed by atoms with van der Waals surface area (Å²) in [5, 5.41) is 34.2. The van der Waals surface area contributed by atoms with Crippen LogP contribution in [0.15, 0.2) is 43.0 Å². The van der Waals surface area contributed by atoms with Crippen LogP contribution in [0.25, 0.3) is 11.2 Å². The Morgan fingerprint density at radius 2 is 1.92 bits per heavy atom. The van der Waals surface area contributed by atoms with Crippen LogP contribution < -0.4 is 16.8 Å². The first-order valence-corrected chi connectivity index (χ1v) is 12.7. The van der Waals surface area contributed by atoms with Gasteiger partial charge in [0.25, 0.3) is 0 Å². The highest BCUT2D eigenvalue weighted by Gasteiger charge is 2.44. The molecular formula is C25H36N8O5. The van der Waals surface area contributed by atoms with E-state index in [9.17, 15) is 20.1 Å². The number of aromatic nitrogens is 4. The van der Waals surface area contributed by atoms with Crippen LogP contribution in [0.3, 0.4) is 0 Å². The number of benzene rings is 1. The summed E-state index contributed by atoms with van der Waals surface area (Å²) >= 11 is 0. The number of nitrogen functional groups attached to an aromatic ring is 1. The average molecular weight is 529 g/mol. The van der Waals surface area contributed by atoms with Gasteiger partial charge in [-0.1, -0.05) is 30.3 Å². The standard InChI is InChI=1S/C25H36N8O5/c26-17(25(36)37)8-12-32(11-4-9-28-10-7-16-5-2-1-3-6-16)13-18-20(34)21(35)24(38-18)33-15-31-19-22(27)29-14-30-23(19)33/h1-3,5-6,14-15,17-18,20-21,24,28,34-35H,4,7-13,26H2,(H,36,37)(H2,27,29,30)/t17?,18-,20-,21-,24-/m1/s1. The maximum absolute atomic E-state index is 11.2. The largest absolute Gasteiger partial charge is 0.480 e. The third kappa shape index (κ3) is 6.81. The zero-order valence-corrected chi connectivity index (χ0v) is 21.1. The van der Waals surface area contributed by atoms with E-state index in [0.717, 1.165) is 25.9 Å². The van der Waals surface area contributed by atoms with Gasteiger partial charge < -0.3 is 41.7 Å². The molecule has 0 aliphatic carbocycles. The van der Waals surface area contributed by atoms with Crippen LogP contribution in [-0.2, 0) is 16.0 Å². The molecule has 0 saturated carbocycles. The minimum absolute atomic E-state index is 0.205. The second kappa shape index (κ2) is 13.0. The molecule has 0 radical (unpaired) electrons. The van der Waals surface area contributed by atoms with E-state index in [2.05, 4.69) is 32.4 Å². The third-order valence-corrected chi connectivity index (χ3v) is 6.77. The average Bonchev–Trinajstić information content (AvgIpc) is 3.46. The van der Waals surface area contributed by atoms with Gasteiger partial charge in [0.2, 0.25) is 0 Å². The van der Waals surface area contributed by atoms with Crippen LogP contribution in [-0.4, -0.2) is 103 Å². The van der Waals surface area contributed by atoms with Crippen molar-refractivity contribution in [2.45, 2.75) is 49.8 Å². The van der Waals surface area contributed by atoms with Gasteiger partial charge >= 0.3 is 5.97 Å². The molecule has 1 aliphatic heterocycles. The van der Waals surface area contributed by atoms with Gasteiger partial charge in [0, 0.05) is 13.1 Å². The van der Waals surface area contributed by atoms with Crippen LogP contribution in [0.4, 0.5) is 5.82 Å². The maximum atomic E-state index is 11.2. The molecule has 13 nitrogen and oxygen atoms in total. The molecule has 4 rings (SSSR count). The first-order valence-electron chi connectivity index (χ1n) is 12.7. The van der Waals surface area contributed by atoms with Crippen molar-refractivity contribution in [2.24, 2.45) is 5.73 Å². The van der Waals surface area contributed by atoms with Crippen molar-refractivity contribution in [1.29, 1.82) is 0 Å². The predicted octanol–water partition coefficient (Wildman–Crippen LogP) is -0.646. The number of carbonyl (C=O) groups is 1. The van der Waals surface area contributed by atoms with Gasteiger partial charge in [-0.2, -0.15) is 0 Å². The van der Waals surface area contributed by atoms with E-state index in [1.165, 1.54) is 22.8 Å². The van der Waals surface area contributed by atoms with E-state index in [0.29, 0.717) is 24.3 Å². The van der Waals surface area contributed by atoms with E-state index in [1.54, 1.807) is 0 Å². The summed E-state index contributed by atoms with van der Waals surface area (Å²) < 4.78 is 7.60. The van der Waals surface area contributed by atoms with Gasteiger partial charge in [0.05, 0.1) is 6.33 Å². The molecule has 5 atom stereocenters. The second-order valence-electron chi connectivity index (χ2n) is 9.50. The number of ether oxygens (including phenoxy) is 1. The number of nitrogens with zero attached hydrogens (tertiary/aromatic N) is 5. The molecule has 8 N–H and O–H groups in total. The lowest BCUT2D eigenvalue weighted by Gasteiger charge is -2.27. The molecule has 1 saturated heterocycles. The van der Waals surface area contributed by atoms with Crippen LogP contribution in [0.1, 0.15) is 24.6 Å². The van der Waals surface area contributed by atoms with Crippen molar-refractivity contribution in [1.82, 2.24) is 29.7 Å². The molecule has 2 aromatic heterocycles. The van der Waals surface area contributed by atoms with Crippen molar-refractivity contribution < 1.29 is 24.9 Å². The van der Waals surface area contributed by atoms with Gasteiger partial charge in [-0.05, 0) is 44.5 Å². The van der Waals surface area contributed by atoms with Gasteiger partial charge in [-0.25, -0.2) is 15.0 Å². The van der Waals surface area contributed by atoms with Gasteiger partial charge in [0.1, 0.15) is 36.2 Å². The van der Waals surface area contributed by atoms with E-state index >= 15 is 0 Å². The summed E-state index contributed by atoms with van der Waals surface area (Å²) in [4.78, 5) is 25.6. The molecular weight excluding hydrogens is 492 g/mol. The van der Waals surface area contributed by atoms with Crippen LogP contribution in [0.2, 0.25) is 0 Å². The van der Waals surface area contributed by atoms with Crippen molar-refractivity contribution in [2.75, 3.05) is 38.5 Å². The van der Waals surface area contributed by atoms with E-state index in [1.807, 2.05) is 23.1 Å². The molecule has 1 fully saturated rings. The number of aliphatic carboxylic acids is 1. The highest BCUT2D eigenvalue weighted by molar-refractivity contribution is 5.81. The Kier molecular flexibility index (Phi) is 9.55. The minimum atomic E-state index is -1.23. The van der Waals surface area contributed by atoms with E-state index in [4.69, 9.17) is 16.2 Å². The van der Waals surface area contributed by atoms with Crippen molar-refractivity contribution >= 4 is 23.0 Å². The number of rotatable bonds is 14. The highest BCUT2D eigenvalue weighted by Crippen LogP contribution is 2.32. The van der Waals surface area contributed by atoms with Crippen molar-refractivity contribution in [3.05, 3.63) is 48.5 Å². The van der Waals surface area contributed by atoms with Crippen LogP contribution in [0, 0.1) is 0 Å². The number of aliphatic hydroxyl groups excluding tert-OH is 2. The molecule has 0 bridgehead atoms. The fourth-order valence-corrected chi connectivity index (χ4v) is 4.59. The lowest BCUT2D eigenvalue weighted by atomic mass is 10.1. The Morgan fingerprint density at radius 3 is 2.68 bits per heavy atom. The smallest absolute Gasteiger partial charge is 0.320 e. The molecule has 3 heterocycles. The maximum Gasteiger partial charge on any atom is 0.320 e. The summed E-state index contributed by atoms with van der Waals surface area (Å²) in [6.45, 7) is 2.95. The Labute approximate surface area is 220 Å². The fraction of sp³-hybridized carbons (Fsp3) is 0.520. The van der Waals surface area contributed by atoms with Gasteiger partial charge in [0.15, 0.2) is 17.7 Å². The summed E-state index contributed by atoms with van der Waals surface area (Å²) in [6, 6.07) is 9.24. The molecule has 1 aromatic carbocycles. The zero-order chi connectivity index (χ0) is 27.1. The Morgan fingerprint density at radius 1 is 1.13 bits per heavy atom. The SMILES string of the molecule is Nc1ncnc2c1ncn2[C@@H]1O[C@H](CN(CCCNCCc2ccccc2)CCC(N)C(=O)O)[C@@H](O)[C@H]1O. The number of hydrogen-bond donors (Lipinski definition) is 6. The number of carboxylic acids is 1. The molecule has 1 unspecified atom stereocenters. The van der Waals surface area contributed by atoms with E-state index < -0.39 is 36.6 Å². The Hall–Kier alpha value is -3.20. The number of carboxylic acid groups (broad SMARTS) is 1. The summed E-state index contributed by atoms with van der Waals surface area (Å²) in [7, 11) is 0. The van der Waals surface area contributed by atoms with Crippen molar-refractivity contribution in [3.63, 3.8) is 0 Å². The normalized spacial score (nSPS) is 22.3. The number of nitrogens with two attached hydrogens (primary N) is 2. The molecule has 13 heteroatoms. The number of hydrogen-bond acceptors (Lipinski definition) is 11. The molecule has 0 spiro atoms. The second-order valence-corrected chi connectivity index (χ2v) is 9.50. The Bertz CT molecular complexity index is 1180. The summed E-state index contributed by atoms with van der Waals surface area (Å²) in [5.74, 6) is -0.856. The number of fused-ring (bicyclic) bond motifs is 1. The molecule has 0 amide bonds. The third-order valence-electron chi connectivity index (χ3n) is 6.77. The van der Waals surface area contributed by atoms with Crippen LogP contribution >= 0.6 is 0 Å². The van der Waals surface area contributed by atoms with Gasteiger partial charge in [-0.15, -0.1) is 0 Å². The van der Waals surface area contributed by atoms with Crippen LogP contribution in [0.5, 0.6) is 0 Å².